The van der Waals surface area contributed by atoms with Gasteiger partial charge in [0.15, 0.2) is 6.17 Å². The normalized spacial score (nSPS) is 12.9. The number of alkyl halides is 3. The fourth-order valence-corrected chi connectivity index (χ4v) is 2.33. The van der Waals surface area contributed by atoms with Crippen LogP contribution < -0.4 is 4.74 Å². The maximum Gasteiger partial charge on any atom is 0.333 e. The quantitative estimate of drug-likeness (QED) is 0.210. The van der Waals surface area contributed by atoms with Crippen LogP contribution in [0, 0.1) is 0 Å². The summed E-state index contributed by atoms with van der Waals surface area (Å²) in [4.78, 5) is 22.7. The van der Waals surface area contributed by atoms with E-state index in [1.165, 1.54) is 6.08 Å². The average molecular weight is 442 g/mol. The van der Waals surface area contributed by atoms with E-state index >= 15 is 0 Å². The van der Waals surface area contributed by atoms with Gasteiger partial charge in [-0.15, -0.1) is 0 Å². The molecule has 0 amide bonds. The van der Waals surface area contributed by atoms with Crippen LogP contribution in [0.3, 0.4) is 0 Å². The first-order valence-corrected chi connectivity index (χ1v) is 10.1. The predicted octanol–water partition coefficient (Wildman–Crippen LogP) is 5.29. The van der Waals surface area contributed by atoms with Gasteiger partial charge in [0.25, 0.3) is 6.36 Å². The van der Waals surface area contributed by atoms with Crippen molar-refractivity contribution in [2.45, 2.75) is 51.6 Å². The second kappa shape index (κ2) is 15.1. The zero-order chi connectivity index (χ0) is 23.1. The van der Waals surface area contributed by atoms with Gasteiger partial charge >= 0.3 is 11.9 Å². The van der Waals surface area contributed by atoms with Gasteiger partial charge in [-0.2, -0.15) is 4.39 Å². The van der Waals surface area contributed by atoms with E-state index in [0.29, 0.717) is 30.1 Å². The van der Waals surface area contributed by atoms with Crippen LogP contribution in [0.25, 0.3) is 6.08 Å². The number of hydrogen-bond donors (Lipinski definition) is 0. The van der Waals surface area contributed by atoms with Gasteiger partial charge in [-0.1, -0.05) is 18.7 Å². The van der Waals surface area contributed by atoms with Crippen molar-refractivity contribution < 1.29 is 37.0 Å². The van der Waals surface area contributed by atoms with Crippen LogP contribution in [0.1, 0.15) is 44.6 Å². The summed E-state index contributed by atoms with van der Waals surface area (Å²) in [7, 11) is 0. The number of halogens is 3. The maximum absolute atomic E-state index is 13.2. The van der Waals surface area contributed by atoms with Crippen LogP contribution in [0.4, 0.5) is 13.2 Å². The molecule has 1 rings (SSSR count). The third-order valence-electron chi connectivity index (χ3n) is 4.08. The van der Waals surface area contributed by atoms with Gasteiger partial charge < -0.3 is 14.2 Å². The molecule has 8 heteroatoms. The predicted molar refractivity (Wildman–Crippen MR) is 112 cm³/mol. The number of hydrogen-bond acceptors (Lipinski definition) is 5. The minimum atomic E-state index is -2.49. The Hall–Kier alpha value is -2.77. The number of rotatable bonds is 15. The lowest BCUT2D eigenvalue weighted by Gasteiger charge is -2.11. The van der Waals surface area contributed by atoms with E-state index in [-0.39, 0.29) is 5.97 Å². The largest absolute Gasteiger partial charge is 0.494 e. The Bertz CT molecular complexity index is 718. The van der Waals surface area contributed by atoms with E-state index < -0.39 is 31.6 Å². The summed E-state index contributed by atoms with van der Waals surface area (Å²) in [5, 5.41) is 0. The summed E-state index contributed by atoms with van der Waals surface area (Å²) in [6.07, 6.45) is 0.521. The average Bonchev–Trinajstić information content (AvgIpc) is 2.74. The topological polar surface area (TPSA) is 61.8 Å². The molecule has 31 heavy (non-hydrogen) atoms. The Morgan fingerprint density at radius 2 is 1.71 bits per heavy atom. The second-order valence-electron chi connectivity index (χ2n) is 6.86. The van der Waals surface area contributed by atoms with Gasteiger partial charge in [-0.05, 0) is 56.4 Å². The van der Waals surface area contributed by atoms with Crippen LogP contribution in [-0.4, -0.2) is 44.4 Å². The van der Waals surface area contributed by atoms with E-state index in [2.05, 4.69) is 11.3 Å². The molecule has 1 aromatic carbocycles. The maximum atomic E-state index is 13.2. The molecule has 0 spiro atoms. The summed E-state index contributed by atoms with van der Waals surface area (Å²) < 4.78 is 53.2. The molecule has 172 valence electrons. The van der Waals surface area contributed by atoms with Crippen LogP contribution in [0.5, 0.6) is 5.75 Å². The van der Waals surface area contributed by atoms with E-state index in [1.807, 2.05) is 0 Å². The Balaban J connectivity index is 2.22. The zero-order valence-electron chi connectivity index (χ0n) is 17.7. The fourth-order valence-electron chi connectivity index (χ4n) is 2.33. The van der Waals surface area contributed by atoms with E-state index in [4.69, 9.17) is 9.47 Å². The summed E-state index contributed by atoms with van der Waals surface area (Å²) in [6.45, 7) is 5.01. The number of esters is 2. The standard InChI is InChI=1S/C23H29F3O5/c1-17(2)23(28)30-16-6-4-3-5-15-29-19-10-7-18(8-11-19)9-12-21(27)31-22(26)20(25)13-14-24/h7-12,20,22H,1,3-6,13-16H2,2H3/b12-9+. The smallest absolute Gasteiger partial charge is 0.333 e. The Morgan fingerprint density at radius 1 is 1.06 bits per heavy atom. The first-order chi connectivity index (χ1) is 14.8. The van der Waals surface area contributed by atoms with Crippen LogP contribution in [-0.2, 0) is 19.1 Å². The van der Waals surface area contributed by atoms with Crippen molar-refractivity contribution in [1.29, 1.82) is 0 Å². The molecule has 1 aromatic rings. The molecule has 0 radical (unpaired) electrons. The highest BCUT2D eigenvalue weighted by molar-refractivity contribution is 5.87. The highest BCUT2D eigenvalue weighted by Gasteiger charge is 2.23. The van der Waals surface area contributed by atoms with Gasteiger partial charge in [-0.3, -0.25) is 4.39 Å². The molecule has 0 aromatic heterocycles. The summed E-state index contributed by atoms with van der Waals surface area (Å²) in [5.74, 6) is -0.763. The van der Waals surface area contributed by atoms with E-state index in [9.17, 15) is 22.8 Å². The number of carbonyl (C=O) groups excluding carboxylic acids is 2. The van der Waals surface area contributed by atoms with Gasteiger partial charge in [-0.25, -0.2) is 14.0 Å². The summed E-state index contributed by atoms with van der Waals surface area (Å²) in [5.41, 5.74) is 1.04. The molecule has 0 aliphatic rings. The SMILES string of the molecule is C=C(C)C(=O)OCCCCCCOc1ccc(/C=C/C(=O)OC(F)C(F)CCF)cc1. The fraction of sp³-hybridized carbons (Fsp3) is 0.478. The van der Waals surface area contributed by atoms with Crippen LogP contribution >= 0.6 is 0 Å². The summed E-state index contributed by atoms with van der Waals surface area (Å²) in [6, 6.07) is 6.84. The summed E-state index contributed by atoms with van der Waals surface area (Å²) >= 11 is 0. The van der Waals surface area contributed by atoms with Crippen LogP contribution in [0.15, 0.2) is 42.5 Å². The van der Waals surface area contributed by atoms with Crippen molar-refractivity contribution in [2.75, 3.05) is 19.9 Å². The first kappa shape index (κ1) is 26.3. The highest BCUT2D eigenvalue weighted by Crippen LogP contribution is 2.15. The Labute approximate surface area is 180 Å². The number of benzene rings is 1. The lowest BCUT2D eigenvalue weighted by atomic mass is 10.2. The van der Waals surface area contributed by atoms with Crippen molar-refractivity contribution in [3.05, 3.63) is 48.1 Å². The molecule has 2 atom stereocenters. The molecule has 2 unspecified atom stereocenters. The third kappa shape index (κ3) is 11.9. The van der Waals surface area contributed by atoms with Gasteiger partial charge in [0.2, 0.25) is 0 Å². The van der Waals surface area contributed by atoms with Crippen molar-refractivity contribution in [3.8, 4) is 5.75 Å². The molecule has 0 saturated carbocycles. The highest BCUT2D eigenvalue weighted by atomic mass is 19.2. The molecule has 0 N–H and O–H groups in total. The zero-order valence-corrected chi connectivity index (χ0v) is 17.7. The molecule has 0 bridgehead atoms. The third-order valence-corrected chi connectivity index (χ3v) is 4.08. The Morgan fingerprint density at radius 3 is 2.32 bits per heavy atom. The lowest BCUT2D eigenvalue weighted by molar-refractivity contribution is -0.158. The monoisotopic (exact) mass is 442 g/mol. The Kier molecular flexibility index (Phi) is 12.8. The number of ether oxygens (including phenoxy) is 3. The molecular formula is C23H29F3O5. The molecule has 0 aliphatic carbocycles. The minimum Gasteiger partial charge on any atom is -0.494 e. The molecule has 5 nitrogen and oxygen atoms in total. The van der Waals surface area contributed by atoms with Crippen molar-refractivity contribution in [2.24, 2.45) is 0 Å². The lowest BCUT2D eigenvalue weighted by Crippen LogP contribution is -2.23. The molecule has 0 aliphatic heterocycles. The molecular weight excluding hydrogens is 413 g/mol. The van der Waals surface area contributed by atoms with Crippen molar-refractivity contribution in [3.63, 3.8) is 0 Å². The van der Waals surface area contributed by atoms with E-state index in [1.54, 1.807) is 31.2 Å². The van der Waals surface area contributed by atoms with Gasteiger partial charge in [0.05, 0.1) is 19.9 Å². The number of unbranched alkanes of at least 4 members (excludes halogenated alkanes) is 3. The van der Waals surface area contributed by atoms with Crippen molar-refractivity contribution >= 4 is 18.0 Å². The van der Waals surface area contributed by atoms with E-state index in [0.717, 1.165) is 31.8 Å². The molecule has 0 heterocycles. The second-order valence-corrected chi connectivity index (χ2v) is 6.86. The van der Waals surface area contributed by atoms with Gasteiger partial charge in [0, 0.05) is 18.1 Å². The number of carbonyl (C=O) groups is 2. The minimum absolute atomic E-state index is 0.368. The first-order valence-electron chi connectivity index (χ1n) is 10.1. The molecule has 0 saturated heterocycles. The van der Waals surface area contributed by atoms with Crippen molar-refractivity contribution in [1.82, 2.24) is 0 Å². The van der Waals surface area contributed by atoms with Gasteiger partial charge in [0.1, 0.15) is 5.75 Å². The molecule has 0 fully saturated rings. The van der Waals surface area contributed by atoms with Crippen LogP contribution in [0.2, 0.25) is 0 Å².